The third-order valence-corrected chi connectivity index (χ3v) is 4.20. The van der Waals surface area contributed by atoms with Crippen molar-refractivity contribution in [2.45, 2.75) is 51.8 Å². The van der Waals surface area contributed by atoms with Crippen LogP contribution in [-0.4, -0.2) is 42.4 Å². The summed E-state index contributed by atoms with van der Waals surface area (Å²) in [4.78, 5) is 2.46. The van der Waals surface area contributed by atoms with Gasteiger partial charge >= 0.3 is 0 Å². The Morgan fingerprint density at radius 2 is 2.22 bits per heavy atom. The van der Waals surface area contributed by atoms with Crippen LogP contribution in [0.3, 0.4) is 0 Å². The van der Waals surface area contributed by atoms with Gasteiger partial charge in [0, 0.05) is 12.6 Å². The smallest absolute Gasteiger partial charge is 0.161 e. The lowest BCUT2D eigenvalue weighted by Gasteiger charge is -2.26. The summed E-state index contributed by atoms with van der Waals surface area (Å²) in [7, 11) is 1.65. The Morgan fingerprint density at radius 3 is 2.87 bits per heavy atom. The monoisotopic (exact) mass is 319 g/mol. The zero-order valence-electron chi connectivity index (χ0n) is 14.5. The van der Waals surface area contributed by atoms with Gasteiger partial charge < -0.3 is 14.6 Å². The van der Waals surface area contributed by atoms with E-state index in [-0.39, 0.29) is 6.10 Å². The van der Waals surface area contributed by atoms with Gasteiger partial charge in [-0.15, -0.1) is 0 Å². The highest BCUT2D eigenvalue weighted by Gasteiger charge is 2.25. The van der Waals surface area contributed by atoms with Crippen molar-refractivity contribution in [3.05, 3.63) is 35.9 Å². The fraction of sp³-hybridized carbons (Fsp3) is 0.579. The van der Waals surface area contributed by atoms with Crippen LogP contribution in [0.5, 0.6) is 11.5 Å². The van der Waals surface area contributed by atoms with E-state index in [1.165, 1.54) is 18.4 Å². The van der Waals surface area contributed by atoms with Gasteiger partial charge in [-0.2, -0.15) is 0 Å². The average Bonchev–Trinajstić information content (AvgIpc) is 2.91. The number of ether oxygens (including phenoxy) is 2. The van der Waals surface area contributed by atoms with Gasteiger partial charge in [-0.05, 0) is 62.9 Å². The van der Waals surface area contributed by atoms with E-state index in [4.69, 9.17) is 9.47 Å². The molecule has 1 N–H and O–H groups in total. The van der Waals surface area contributed by atoms with Gasteiger partial charge in [-0.25, -0.2) is 0 Å². The first kappa shape index (κ1) is 17.8. The Balaban J connectivity index is 2.07. The van der Waals surface area contributed by atoms with Crippen LogP contribution in [0.25, 0.3) is 0 Å². The molecule has 1 aromatic carbocycles. The van der Waals surface area contributed by atoms with Crippen molar-refractivity contribution in [2.24, 2.45) is 0 Å². The maximum atomic E-state index is 9.66. The summed E-state index contributed by atoms with van der Waals surface area (Å²) in [5, 5.41) is 9.66. The molecule has 23 heavy (non-hydrogen) atoms. The number of aliphatic hydroxyl groups excluding tert-OH is 1. The van der Waals surface area contributed by atoms with Crippen molar-refractivity contribution in [3.8, 4) is 11.5 Å². The number of nitrogens with zero attached hydrogens (tertiary/aromatic N) is 1. The zero-order valence-corrected chi connectivity index (χ0v) is 14.5. The van der Waals surface area contributed by atoms with E-state index in [2.05, 4.69) is 23.6 Å². The second-order valence-electron chi connectivity index (χ2n) is 6.58. The Bertz CT molecular complexity index is 527. The van der Waals surface area contributed by atoms with Gasteiger partial charge in [0.25, 0.3) is 0 Å². The summed E-state index contributed by atoms with van der Waals surface area (Å²) in [6, 6.07) is 6.57. The molecular formula is C19H29NO3. The lowest BCUT2D eigenvalue weighted by Crippen LogP contribution is -2.31. The number of aliphatic hydroxyl groups is 1. The van der Waals surface area contributed by atoms with E-state index in [1.54, 1.807) is 7.11 Å². The highest BCUT2D eigenvalue weighted by molar-refractivity contribution is 5.43. The molecule has 1 saturated heterocycles. The van der Waals surface area contributed by atoms with Crippen LogP contribution in [0.1, 0.15) is 38.7 Å². The highest BCUT2D eigenvalue weighted by Crippen LogP contribution is 2.30. The zero-order chi connectivity index (χ0) is 16.8. The molecule has 128 valence electrons. The Kier molecular flexibility index (Phi) is 6.48. The van der Waals surface area contributed by atoms with Gasteiger partial charge in [0.1, 0.15) is 6.61 Å². The van der Waals surface area contributed by atoms with E-state index in [9.17, 15) is 5.11 Å². The normalized spacial score (nSPS) is 19.6. The molecule has 4 heteroatoms. The van der Waals surface area contributed by atoms with Gasteiger partial charge in [0.2, 0.25) is 0 Å². The lowest BCUT2D eigenvalue weighted by atomic mass is 10.1. The SMILES string of the molecule is C=C(C)COc1cc(CN2CCCC2CC(C)O)ccc1OC. The standard InChI is InChI=1S/C19H29NO3/c1-14(2)13-23-19-11-16(7-8-18(19)22-4)12-20-9-5-6-17(20)10-15(3)21/h7-8,11,15,17,21H,1,5-6,9-10,12-13H2,2-4H3. The predicted molar refractivity (Wildman–Crippen MR) is 93.0 cm³/mol. The molecule has 0 amide bonds. The number of hydrogen-bond acceptors (Lipinski definition) is 4. The number of hydrogen-bond donors (Lipinski definition) is 1. The molecule has 0 saturated carbocycles. The van der Waals surface area contributed by atoms with E-state index in [0.29, 0.717) is 12.6 Å². The Hall–Kier alpha value is -1.52. The van der Waals surface area contributed by atoms with Gasteiger partial charge in [0.15, 0.2) is 11.5 Å². The summed E-state index contributed by atoms with van der Waals surface area (Å²) in [6.07, 6.45) is 2.97. The number of methoxy groups -OCH3 is 1. The van der Waals surface area contributed by atoms with Gasteiger partial charge in [-0.3, -0.25) is 4.90 Å². The van der Waals surface area contributed by atoms with Crippen LogP contribution in [-0.2, 0) is 6.54 Å². The summed E-state index contributed by atoms with van der Waals surface area (Å²) in [6.45, 7) is 10.1. The summed E-state index contributed by atoms with van der Waals surface area (Å²) in [5.41, 5.74) is 2.19. The van der Waals surface area contributed by atoms with Crippen LogP contribution in [0, 0.1) is 0 Å². The maximum absolute atomic E-state index is 9.66. The topological polar surface area (TPSA) is 41.9 Å². The minimum absolute atomic E-state index is 0.245. The van der Waals surface area contributed by atoms with Crippen LogP contribution in [0.15, 0.2) is 30.4 Å². The molecule has 0 bridgehead atoms. The summed E-state index contributed by atoms with van der Waals surface area (Å²) in [5.74, 6) is 1.51. The number of likely N-dealkylation sites (tertiary alicyclic amines) is 1. The molecule has 2 unspecified atom stereocenters. The van der Waals surface area contributed by atoms with Crippen molar-refractivity contribution in [2.75, 3.05) is 20.3 Å². The van der Waals surface area contributed by atoms with E-state index >= 15 is 0 Å². The van der Waals surface area contributed by atoms with E-state index in [1.807, 2.05) is 19.9 Å². The fourth-order valence-electron chi connectivity index (χ4n) is 3.13. The third kappa shape index (κ3) is 5.26. The van der Waals surface area contributed by atoms with Crippen molar-refractivity contribution in [3.63, 3.8) is 0 Å². The molecule has 1 aromatic rings. The first-order chi connectivity index (χ1) is 11.0. The fourth-order valence-corrected chi connectivity index (χ4v) is 3.13. The lowest BCUT2D eigenvalue weighted by molar-refractivity contribution is 0.130. The molecule has 1 aliphatic heterocycles. The second kappa shape index (κ2) is 8.37. The Morgan fingerprint density at radius 1 is 1.43 bits per heavy atom. The third-order valence-electron chi connectivity index (χ3n) is 4.20. The molecule has 1 heterocycles. The molecule has 1 aliphatic rings. The number of rotatable bonds is 8. The first-order valence-corrected chi connectivity index (χ1v) is 8.35. The molecule has 4 nitrogen and oxygen atoms in total. The van der Waals surface area contributed by atoms with Crippen LogP contribution in [0.2, 0.25) is 0 Å². The molecule has 2 atom stereocenters. The number of benzene rings is 1. The highest BCUT2D eigenvalue weighted by atomic mass is 16.5. The van der Waals surface area contributed by atoms with Crippen LogP contribution < -0.4 is 9.47 Å². The molecule has 0 aromatic heterocycles. The van der Waals surface area contributed by atoms with E-state index < -0.39 is 0 Å². The van der Waals surface area contributed by atoms with Gasteiger partial charge in [-0.1, -0.05) is 12.6 Å². The van der Waals surface area contributed by atoms with Crippen LogP contribution >= 0.6 is 0 Å². The van der Waals surface area contributed by atoms with Crippen molar-refractivity contribution in [1.29, 1.82) is 0 Å². The molecule has 0 aliphatic carbocycles. The molecular weight excluding hydrogens is 290 g/mol. The minimum atomic E-state index is -0.245. The molecule has 0 radical (unpaired) electrons. The average molecular weight is 319 g/mol. The van der Waals surface area contributed by atoms with Crippen LogP contribution in [0.4, 0.5) is 0 Å². The molecule has 2 rings (SSSR count). The maximum Gasteiger partial charge on any atom is 0.161 e. The van der Waals surface area contributed by atoms with E-state index in [0.717, 1.165) is 36.6 Å². The van der Waals surface area contributed by atoms with Crippen molar-refractivity contribution in [1.82, 2.24) is 4.90 Å². The van der Waals surface area contributed by atoms with Gasteiger partial charge in [0.05, 0.1) is 13.2 Å². The van der Waals surface area contributed by atoms with Crippen molar-refractivity contribution < 1.29 is 14.6 Å². The van der Waals surface area contributed by atoms with Crippen molar-refractivity contribution >= 4 is 0 Å². The predicted octanol–water partition coefficient (Wildman–Crippen LogP) is 3.39. The largest absolute Gasteiger partial charge is 0.493 e. The molecule has 0 spiro atoms. The quantitative estimate of drug-likeness (QED) is 0.746. The summed E-state index contributed by atoms with van der Waals surface area (Å²) < 4.78 is 11.2. The second-order valence-corrected chi connectivity index (χ2v) is 6.58. The minimum Gasteiger partial charge on any atom is -0.493 e. The molecule has 1 fully saturated rings. The first-order valence-electron chi connectivity index (χ1n) is 8.35. The Labute approximate surface area is 139 Å². The summed E-state index contributed by atoms with van der Waals surface area (Å²) >= 11 is 0.